The molecule has 2 nitrogen and oxygen atoms in total. The molecule has 1 saturated carbocycles. The van der Waals surface area contributed by atoms with Gasteiger partial charge in [0.15, 0.2) is 0 Å². The first-order chi connectivity index (χ1) is 8.95. The number of halogens is 3. The van der Waals surface area contributed by atoms with Gasteiger partial charge in [-0.3, -0.25) is 4.79 Å². The van der Waals surface area contributed by atoms with Crippen molar-refractivity contribution >= 4 is 5.91 Å². The van der Waals surface area contributed by atoms with Crippen LogP contribution in [-0.2, 0) is 17.4 Å². The van der Waals surface area contributed by atoms with E-state index in [-0.39, 0.29) is 18.4 Å². The van der Waals surface area contributed by atoms with Gasteiger partial charge in [-0.1, -0.05) is 25.0 Å². The number of hydrogen-bond donors (Lipinski definition) is 1. The van der Waals surface area contributed by atoms with Crippen LogP contribution in [0.1, 0.15) is 36.8 Å². The molecule has 1 N–H and O–H groups in total. The minimum atomic E-state index is -4.33. The van der Waals surface area contributed by atoms with Crippen molar-refractivity contribution in [3.05, 3.63) is 35.4 Å². The molecule has 1 aromatic carbocycles. The van der Waals surface area contributed by atoms with E-state index in [1.165, 1.54) is 12.1 Å². The number of alkyl halides is 3. The standard InChI is InChI=1S/C14H16F3NO/c15-14(16,17)11-7-5-10(6-8-11)9-13(19)18-12-3-1-2-4-12/h5-8,12H,1-4,9H2,(H,18,19). The van der Waals surface area contributed by atoms with Crippen LogP contribution in [0.5, 0.6) is 0 Å². The third-order valence-corrected chi connectivity index (χ3v) is 3.37. The highest BCUT2D eigenvalue weighted by Crippen LogP contribution is 2.29. The molecule has 0 bridgehead atoms. The lowest BCUT2D eigenvalue weighted by Gasteiger charge is -2.12. The molecular formula is C14H16F3NO. The number of rotatable bonds is 3. The van der Waals surface area contributed by atoms with E-state index in [0.717, 1.165) is 37.8 Å². The third-order valence-electron chi connectivity index (χ3n) is 3.37. The summed E-state index contributed by atoms with van der Waals surface area (Å²) < 4.78 is 37.1. The van der Waals surface area contributed by atoms with Crippen molar-refractivity contribution in [3.63, 3.8) is 0 Å². The number of benzene rings is 1. The second kappa shape index (κ2) is 5.63. The Morgan fingerprint density at radius 1 is 1.16 bits per heavy atom. The van der Waals surface area contributed by atoms with Crippen LogP contribution in [0.3, 0.4) is 0 Å². The van der Waals surface area contributed by atoms with E-state index in [0.29, 0.717) is 5.56 Å². The second-order valence-electron chi connectivity index (χ2n) is 4.92. The summed E-state index contributed by atoms with van der Waals surface area (Å²) in [4.78, 5) is 11.7. The maximum Gasteiger partial charge on any atom is 0.416 e. The van der Waals surface area contributed by atoms with Crippen LogP contribution in [0.15, 0.2) is 24.3 Å². The first-order valence-corrected chi connectivity index (χ1v) is 6.40. The normalized spacial score (nSPS) is 16.6. The molecule has 104 valence electrons. The summed E-state index contributed by atoms with van der Waals surface area (Å²) in [6.45, 7) is 0. The third kappa shape index (κ3) is 3.98. The summed E-state index contributed by atoms with van der Waals surface area (Å²) in [5.74, 6) is -0.119. The summed E-state index contributed by atoms with van der Waals surface area (Å²) in [7, 11) is 0. The molecule has 1 aliphatic rings. The number of carbonyl (C=O) groups excluding carboxylic acids is 1. The minimum Gasteiger partial charge on any atom is -0.353 e. The predicted molar refractivity (Wildman–Crippen MR) is 65.5 cm³/mol. The molecule has 0 saturated heterocycles. The Kier molecular flexibility index (Phi) is 4.12. The molecule has 2 rings (SSSR count). The fourth-order valence-electron chi connectivity index (χ4n) is 2.35. The quantitative estimate of drug-likeness (QED) is 0.897. The second-order valence-corrected chi connectivity index (χ2v) is 4.92. The first kappa shape index (κ1) is 13.9. The Morgan fingerprint density at radius 3 is 2.26 bits per heavy atom. The topological polar surface area (TPSA) is 29.1 Å². The molecule has 0 spiro atoms. The lowest BCUT2D eigenvalue weighted by molar-refractivity contribution is -0.137. The van der Waals surface area contributed by atoms with E-state index in [2.05, 4.69) is 5.32 Å². The molecule has 0 aliphatic heterocycles. The van der Waals surface area contributed by atoms with Gasteiger partial charge in [-0.05, 0) is 30.5 Å². The van der Waals surface area contributed by atoms with Gasteiger partial charge in [0.25, 0.3) is 0 Å². The fourth-order valence-corrected chi connectivity index (χ4v) is 2.35. The summed E-state index contributed by atoms with van der Waals surface area (Å²) in [6.07, 6.45) is 0.0627. The van der Waals surface area contributed by atoms with Gasteiger partial charge in [0.1, 0.15) is 0 Å². The van der Waals surface area contributed by atoms with E-state index in [1.54, 1.807) is 0 Å². The zero-order valence-corrected chi connectivity index (χ0v) is 10.5. The summed E-state index contributed by atoms with van der Waals surface area (Å²) in [5.41, 5.74) is -0.0871. The van der Waals surface area contributed by atoms with Crippen molar-refractivity contribution in [1.82, 2.24) is 5.32 Å². The smallest absolute Gasteiger partial charge is 0.353 e. The molecule has 1 amide bonds. The van der Waals surface area contributed by atoms with Gasteiger partial charge in [0, 0.05) is 6.04 Å². The Balaban J connectivity index is 1.90. The maximum absolute atomic E-state index is 12.4. The molecule has 1 aliphatic carbocycles. The summed E-state index contributed by atoms with van der Waals surface area (Å²) in [5, 5.41) is 2.91. The van der Waals surface area contributed by atoms with Gasteiger partial charge in [0.2, 0.25) is 5.91 Å². The first-order valence-electron chi connectivity index (χ1n) is 6.40. The van der Waals surface area contributed by atoms with E-state index in [4.69, 9.17) is 0 Å². The van der Waals surface area contributed by atoms with Crippen LogP contribution in [-0.4, -0.2) is 11.9 Å². The minimum absolute atomic E-state index is 0.119. The number of nitrogens with one attached hydrogen (secondary N) is 1. The van der Waals surface area contributed by atoms with Gasteiger partial charge in [-0.25, -0.2) is 0 Å². The van der Waals surface area contributed by atoms with Gasteiger partial charge >= 0.3 is 6.18 Å². The maximum atomic E-state index is 12.4. The van der Waals surface area contributed by atoms with Crippen molar-refractivity contribution in [2.45, 2.75) is 44.3 Å². The van der Waals surface area contributed by atoms with Gasteiger partial charge in [-0.2, -0.15) is 13.2 Å². The van der Waals surface area contributed by atoms with Crippen molar-refractivity contribution < 1.29 is 18.0 Å². The lowest BCUT2D eigenvalue weighted by atomic mass is 10.1. The molecule has 0 radical (unpaired) electrons. The average Bonchev–Trinajstić information content (AvgIpc) is 2.81. The highest BCUT2D eigenvalue weighted by molar-refractivity contribution is 5.78. The van der Waals surface area contributed by atoms with Crippen molar-refractivity contribution in [3.8, 4) is 0 Å². The summed E-state index contributed by atoms with van der Waals surface area (Å²) >= 11 is 0. The van der Waals surface area contributed by atoms with E-state index in [9.17, 15) is 18.0 Å². The van der Waals surface area contributed by atoms with Gasteiger partial charge in [-0.15, -0.1) is 0 Å². The van der Waals surface area contributed by atoms with Crippen LogP contribution in [0.4, 0.5) is 13.2 Å². The van der Waals surface area contributed by atoms with Gasteiger partial charge < -0.3 is 5.32 Å². The molecule has 0 unspecified atom stereocenters. The number of amides is 1. The monoisotopic (exact) mass is 271 g/mol. The van der Waals surface area contributed by atoms with Crippen molar-refractivity contribution in [2.75, 3.05) is 0 Å². The SMILES string of the molecule is O=C(Cc1ccc(C(F)(F)F)cc1)NC1CCCC1. The van der Waals surface area contributed by atoms with E-state index in [1.807, 2.05) is 0 Å². The summed E-state index contributed by atoms with van der Waals surface area (Å²) in [6, 6.07) is 4.98. The largest absolute Gasteiger partial charge is 0.416 e. The molecule has 19 heavy (non-hydrogen) atoms. The van der Waals surface area contributed by atoms with E-state index >= 15 is 0 Å². The highest BCUT2D eigenvalue weighted by Gasteiger charge is 2.30. The molecule has 0 heterocycles. The molecule has 5 heteroatoms. The predicted octanol–water partition coefficient (Wildman–Crippen LogP) is 3.31. The lowest BCUT2D eigenvalue weighted by Crippen LogP contribution is -2.33. The Hall–Kier alpha value is -1.52. The molecule has 0 aromatic heterocycles. The molecule has 0 atom stereocenters. The Bertz CT molecular complexity index is 433. The Labute approximate surface area is 110 Å². The van der Waals surface area contributed by atoms with Crippen LogP contribution in [0.25, 0.3) is 0 Å². The number of carbonyl (C=O) groups is 1. The zero-order chi connectivity index (χ0) is 13.9. The van der Waals surface area contributed by atoms with Crippen LogP contribution in [0, 0.1) is 0 Å². The van der Waals surface area contributed by atoms with Crippen LogP contribution >= 0.6 is 0 Å². The molecule has 1 fully saturated rings. The zero-order valence-electron chi connectivity index (χ0n) is 10.5. The average molecular weight is 271 g/mol. The van der Waals surface area contributed by atoms with Crippen molar-refractivity contribution in [1.29, 1.82) is 0 Å². The van der Waals surface area contributed by atoms with E-state index < -0.39 is 11.7 Å². The van der Waals surface area contributed by atoms with Crippen LogP contribution < -0.4 is 5.32 Å². The van der Waals surface area contributed by atoms with Crippen LogP contribution in [0.2, 0.25) is 0 Å². The fraction of sp³-hybridized carbons (Fsp3) is 0.500. The number of hydrogen-bond acceptors (Lipinski definition) is 1. The highest BCUT2D eigenvalue weighted by atomic mass is 19.4. The molecular weight excluding hydrogens is 255 g/mol. The molecule has 1 aromatic rings. The van der Waals surface area contributed by atoms with Crippen molar-refractivity contribution in [2.24, 2.45) is 0 Å². The Morgan fingerprint density at radius 2 is 1.74 bits per heavy atom. The van der Waals surface area contributed by atoms with Gasteiger partial charge in [0.05, 0.1) is 12.0 Å².